The van der Waals surface area contributed by atoms with E-state index in [0.717, 1.165) is 56.3 Å². The number of fused-ring (bicyclic) bond motifs is 1. The minimum absolute atomic E-state index is 0.116. The molecule has 0 spiro atoms. The molecular weight excluding hydrogens is 445 g/mol. The van der Waals surface area contributed by atoms with E-state index in [0.29, 0.717) is 12.2 Å². The summed E-state index contributed by atoms with van der Waals surface area (Å²) >= 11 is 0. The van der Waals surface area contributed by atoms with E-state index in [1.54, 1.807) is 25.3 Å². The standard InChI is InChI=1S/C24H23F3N6O/c1-14-8-16-17(9-14)21(26)19(10-18(16)25)34-24-22(27)23(30-13-31-24)32-20-3-2-15(11-29-20)12-33-6-4-28-5-7-33/h2-3,9-11,13,28H,4-8,12H2,1H3,(H,29,30,31,32). The fraction of sp³-hybridized carbons (Fsp3) is 0.292. The molecule has 3 heterocycles. The second kappa shape index (κ2) is 9.40. The second-order valence-corrected chi connectivity index (χ2v) is 8.38. The van der Waals surface area contributed by atoms with E-state index in [9.17, 15) is 8.78 Å². The van der Waals surface area contributed by atoms with Gasteiger partial charge in [0.25, 0.3) is 5.88 Å². The largest absolute Gasteiger partial charge is 0.433 e. The second-order valence-electron chi connectivity index (χ2n) is 8.38. The Morgan fingerprint density at radius 2 is 1.91 bits per heavy atom. The van der Waals surface area contributed by atoms with Crippen molar-refractivity contribution in [2.75, 3.05) is 31.5 Å². The first-order valence-electron chi connectivity index (χ1n) is 11.0. The maximum absolute atomic E-state index is 15.0. The normalized spacial score (nSPS) is 15.7. The average Bonchev–Trinajstić information content (AvgIpc) is 3.24. The third-order valence-corrected chi connectivity index (χ3v) is 5.82. The van der Waals surface area contributed by atoms with E-state index in [1.165, 1.54) is 0 Å². The number of piperazine rings is 1. The van der Waals surface area contributed by atoms with Crippen LogP contribution in [0.3, 0.4) is 0 Å². The lowest BCUT2D eigenvalue weighted by Crippen LogP contribution is -2.42. The van der Waals surface area contributed by atoms with Crippen LogP contribution in [0, 0.1) is 17.5 Å². The number of nitrogens with one attached hydrogen (secondary N) is 2. The number of benzene rings is 1. The van der Waals surface area contributed by atoms with Crippen molar-refractivity contribution < 1.29 is 17.9 Å². The van der Waals surface area contributed by atoms with Gasteiger partial charge in [-0.3, -0.25) is 4.90 Å². The summed E-state index contributed by atoms with van der Waals surface area (Å²) < 4.78 is 49.6. The van der Waals surface area contributed by atoms with Gasteiger partial charge in [-0.1, -0.05) is 17.7 Å². The molecule has 0 amide bonds. The SMILES string of the molecule is CC1=Cc2c(F)c(Oc3ncnc(Nc4ccc(CN5CCNCC5)cn4)c3F)cc(F)c2C1. The van der Waals surface area contributed by atoms with Crippen molar-refractivity contribution in [3.8, 4) is 11.6 Å². The molecule has 7 nitrogen and oxygen atoms in total. The van der Waals surface area contributed by atoms with Gasteiger partial charge in [-0.15, -0.1) is 0 Å². The molecule has 0 atom stereocenters. The zero-order valence-electron chi connectivity index (χ0n) is 18.5. The molecule has 2 N–H and O–H groups in total. The summed E-state index contributed by atoms with van der Waals surface area (Å²) in [4.78, 5) is 14.3. The van der Waals surface area contributed by atoms with E-state index in [-0.39, 0.29) is 16.9 Å². The zero-order chi connectivity index (χ0) is 23.7. The Kier molecular flexibility index (Phi) is 6.16. The molecule has 0 radical (unpaired) electrons. The summed E-state index contributed by atoms with van der Waals surface area (Å²) in [6, 6.07) is 4.55. The maximum atomic E-state index is 15.0. The van der Waals surface area contributed by atoms with Gasteiger partial charge < -0.3 is 15.4 Å². The molecule has 2 aromatic heterocycles. The van der Waals surface area contributed by atoms with Gasteiger partial charge in [-0.25, -0.2) is 18.7 Å². The van der Waals surface area contributed by atoms with Crippen molar-refractivity contribution in [1.29, 1.82) is 0 Å². The highest BCUT2D eigenvalue weighted by Gasteiger charge is 2.24. The molecule has 0 unspecified atom stereocenters. The number of hydrogen-bond acceptors (Lipinski definition) is 7. The van der Waals surface area contributed by atoms with E-state index in [2.05, 4.69) is 30.5 Å². The minimum atomic E-state index is -0.943. The van der Waals surface area contributed by atoms with Crippen LogP contribution in [0.1, 0.15) is 23.6 Å². The Morgan fingerprint density at radius 1 is 1.09 bits per heavy atom. The molecule has 176 valence electrons. The minimum Gasteiger partial charge on any atom is -0.433 e. The van der Waals surface area contributed by atoms with Crippen molar-refractivity contribution in [2.45, 2.75) is 19.9 Å². The number of rotatable bonds is 6. The predicted octanol–water partition coefficient (Wildman–Crippen LogP) is 4.19. The number of anilines is 2. The van der Waals surface area contributed by atoms with Crippen LogP contribution in [0.4, 0.5) is 24.8 Å². The van der Waals surface area contributed by atoms with Crippen LogP contribution >= 0.6 is 0 Å². The molecule has 0 bridgehead atoms. The molecule has 2 aliphatic rings. The Hall–Kier alpha value is -3.50. The lowest BCUT2D eigenvalue weighted by Gasteiger charge is -2.27. The molecule has 1 saturated heterocycles. The number of ether oxygens (including phenoxy) is 1. The van der Waals surface area contributed by atoms with E-state index in [1.807, 2.05) is 6.07 Å². The van der Waals surface area contributed by atoms with Gasteiger partial charge >= 0.3 is 0 Å². The van der Waals surface area contributed by atoms with Gasteiger partial charge in [0.05, 0.1) is 0 Å². The average molecular weight is 468 g/mol. The molecule has 10 heteroatoms. The molecular formula is C24H23F3N6O. The third-order valence-electron chi connectivity index (χ3n) is 5.82. The summed E-state index contributed by atoms with van der Waals surface area (Å²) in [6.45, 7) is 6.43. The summed E-state index contributed by atoms with van der Waals surface area (Å²) in [6.07, 6.45) is 4.68. The Balaban J connectivity index is 1.32. The first kappa shape index (κ1) is 22.3. The van der Waals surface area contributed by atoms with Crippen molar-refractivity contribution >= 4 is 17.7 Å². The molecule has 1 aromatic carbocycles. The van der Waals surface area contributed by atoms with E-state index >= 15 is 4.39 Å². The monoisotopic (exact) mass is 468 g/mol. The molecule has 34 heavy (non-hydrogen) atoms. The number of allylic oxidation sites excluding steroid dienone is 1. The van der Waals surface area contributed by atoms with Crippen molar-refractivity contribution in [2.24, 2.45) is 0 Å². The highest BCUT2D eigenvalue weighted by molar-refractivity contribution is 5.66. The van der Waals surface area contributed by atoms with Gasteiger partial charge in [-0.05, 0) is 25.0 Å². The van der Waals surface area contributed by atoms with Gasteiger partial charge in [0.15, 0.2) is 17.4 Å². The molecule has 1 aliphatic carbocycles. The quantitative estimate of drug-likeness (QED) is 0.562. The fourth-order valence-corrected chi connectivity index (χ4v) is 4.10. The number of halogens is 3. The molecule has 3 aromatic rings. The van der Waals surface area contributed by atoms with Crippen LogP contribution in [0.2, 0.25) is 0 Å². The summed E-state index contributed by atoms with van der Waals surface area (Å²) in [5.41, 5.74) is 2.25. The highest BCUT2D eigenvalue weighted by Crippen LogP contribution is 2.36. The zero-order valence-corrected chi connectivity index (χ0v) is 18.5. The van der Waals surface area contributed by atoms with Crippen LogP contribution in [0.25, 0.3) is 6.08 Å². The first-order valence-corrected chi connectivity index (χ1v) is 11.0. The number of aromatic nitrogens is 3. The maximum Gasteiger partial charge on any atom is 0.261 e. The fourth-order valence-electron chi connectivity index (χ4n) is 4.10. The van der Waals surface area contributed by atoms with E-state index < -0.39 is 29.1 Å². The van der Waals surface area contributed by atoms with Crippen LogP contribution in [-0.4, -0.2) is 46.0 Å². The van der Waals surface area contributed by atoms with Crippen molar-refractivity contribution in [1.82, 2.24) is 25.2 Å². The van der Waals surface area contributed by atoms with Gasteiger partial charge in [-0.2, -0.15) is 9.37 Å². The van der Waals surface area contributed by atoms with Gasteiger partial charge in [0.2, 0.25) is 5.82 Å². The summed E-state index contributed by atoms with van der Waals surface area (Å²) in [7, 11) is 0. The molecule has 1 fully saturated rings. The van der Waals surface area contributed by atoms with E-state index in [4.69, 9.17) is 4.74 Å². The number of pyridine rings is 1. The van der Waals surface area contributed by atoms with Gasteiger partial charge in [0.1, 0.15) is 18.0 Å². The molecule has 1 aliphatic heterocycles. The van der Waals surface area contributed by atoms with Crippen LogP contribution in [0.15, 0.2) is 36.3 Å². The van der Waals surface area contributed by atoms with Gasteiger partial charge in [0, 0.05) is 56.1 Å². The van der Waals surface area contributed by atoms with Crippen LogP contribution < -0.4 is 15.4 Å². The van der Waals surface area contributed by atoms with Crippen molar-refractivity contribution in [3.05, 3.63) is 70.4 Å². The number of hydrogen-bond donors (Lipinski definition) is 2. The summed E-state index contributed by atoms with van der Waals surface area (Å²) in [5.74, 6) is -3.10. The van der Waals surface area contributed by atoms with Crippen LogP contribution in [0.5, 0.6) is 11.6 Å². The third kappa shape index (κ3) is 4.59. The van der Waals surface area contributed by atoms with Crippen LogP contribution in [-0.2, 0) is 13.0 Å². The smallest absolute Gasteiger partial charge is 0.261 e. The molecule has 5 rings (SSSR count). The lowest BCUT2D eigenvalue weighted by atomic mass is 10.1. The Morgan fingerprint density at radius 3 is 2.68 bits per heavy atom. The molecule has 0 saturated carbocycles. The lowest BCUT2D eigenvalue weighted by molar-refractivity contribution is 0.233. The topological polar surface area (TPSA) is 75.2 Å². The van der Waals surface area contributed by atoms with Crippen molar-refractivity contribution in [3.63, 3.8) is 0 Å². The first-order chi connectivity index (χ1) is 16.5. The predicted molar refractivity (Wildman–Crippen MR) is 121 cm³/mol. The Labute approximate surface area is 194 Å². The highest BCUT2D eigenvalue weighted by atomic mass is 19.1. The number of nitrogens with zero attached hydrogens (tertiary/aromatic N) is 4. The Bertz CT molecular complexity index is 1240. The summed E-state index contributed by atoms with van der Waals surface area (Å²) in [5, 5.41) is 6.10.